The summed E-state index contributed by atoms with van der Waals surface area (Å²) in [7, 11) is 0. The summed E-state index contributed by atoms with van der Waals surface area (Å²) in [5, 5.41) is 2.80. The second-order valence-electron chi connectivity index (χ2n) is 4.45. The van der Waals surface area contributed by atoms with E-state index in [1.807, 2.05) is 37.3 Å². The van der Waals surface area contributed by atoms with Crippen LogP contribution in [-0.2, 0) is 9.59 Å². The number of aryl methyl sites for hydroxylation is 1. The second-order valence-corrected chi connectivity index (χ2v) is 4.45. The Morgan fingerprint density at radius 3 is 2.80 bits per heavy atom. The van der Waals surface area contributed by atoms with Crippen molar-refractivity contribution in [2.45, 2.75) is 6.92 Å². The number of rotatable bonds is 3. The maximum Gasteiger partial charge on any atom is 0.321 e. The van der Waals surface area contributed by atoms with Crippen LogP contribution in [0.3, 0.4) is 0 Å². The van der Waals surface area contributed by atoms with Crippen molar-refractivity contribution in [2.24, 2.45) is 0 Å². The van der Waals surface area contributed by atoms with E-state index in [1.165, 1.54) is 4.73 Å². The van der Waals surface area contributed by atoms with Gasteiger partial charge in [-0.25, -0.2) is 0 Å². The number of fused-ring (bicyclic) bond motifs is 1. The molecule has 1 aromatic heterocycles. The second kappa shape index (κ2) is 4.70. The summed E-state index contributed by atoms with van der Waals surface area (Å²) in [6, 6.07) is 11.1. The number of carbonyl (C=O) groups excluding carboxylic acids is 2. The molecule has 5 heteroatoms. The zero-order chi connectivity index (χ0) is 14.1. The summed E-state index contributed by atoms with van der Waals surface area (Å²) in [5.74, 6) is -0.164. The van der Waals surface area contributed by atoms with E-state index in [0.717, 1.165) is 16.9 Å². The maximum absolute atomic E-state index is 12.0. The molecule has 0 fully saturated rings. The van der Waals surface area contributed by atoms with E-state index in [0.29, 0.717) is 17.7 Å². The van der Waals surface area contributed by atoms with Crippen molar-refractivity contribution in [2.75, 3.05) is 5.32 Å². The van der Waals surface area contributed by atoms with Gasteiger partial charge in [-0.1, -0.05) is 18.2 Å². The summed E-state index contributed by atoms with van der Waals surface area (Å²) in [4.78, 5) is 27.4. The van der Waals surface area contributed by atoms with Crippen molar-refractivity contribution >= 4 is 29.7 Å². The molecule has 1 amide bonds. The first-order chi connectivity index (χ1) is 9.70. The first-order valence-electron chi connectivity index (χ1n) is 6.12. The molecule has 0 spiro atoms. The molecule has 100 valence electrons. The lowest BCUT2D eigenvalue weighted by molar-refractivity contribution is -0.129. The van der Waals surface area contributed by atoms with Crippen LogP contribution in [0, 0.1) is 6.92 Å². The lowest BCUT2D eigenvalue weighted by Gasteiger charge is -2.05. The van der Waals surface area contributed by atoms with E-state index in [9.17, 15) is 9.59 Å². The van der Waals surface area contributed by atoms with Gasteiger partial charge in [-0.05, 0) is 31.2 Å². The van der Waals surface area contributed by atoms with E-state index in [2.05, 4.69) is 5.32 Å². The topological polar surface area (TPSA) is 60.3 Å². The van der Waals surface area contributed by atoms with Gasteiger partial charge in [0.2, 0.25) is 0 Å². The van der Waals surface area contributed by atoms with E-state index in [1.54, 1.807) is 12.1 Å². The standard InChI is InChI=1S/C15H12N2O3/c1-10-6-7-11(17(10)20-9-18)8-13-12-4-2-3-5-14(12)16-15(13)19/h2-9H,1H3,(H,16,19)/b13-8-. The first kappa shape index (κ1) is 12.2. The molecule has 1 aliphatic rings. The Bertz CT molecular complexity index is 728. The van der Waals surface area contributed by atoms with Gasteiger partial charge in [-0.15, -0.1) is 0 Å². The summed E-state index contributed by atoms with van der Waals surface area (Å²) >= 11 is 0. The highest BCUT2D eigenvalue weighted by atomic mass is 16.7. The van der Waals surface area contributed by atoms with Gasteiger partial charge >= 0.3 is 6.47 Å². The van der Waals surface area contributed by atoms with Gasteiger partial charge < -0.3 is 10.2 Å². The molecular weight excluding hydrogens is 256 g/mol. The van der Waals surface area contributed by atoms with Gasteiger partial charge in [0.05, 0.1) is 17.0 Å². The highest BCUT2D eigenvalue weighted by molar-refractivity contribution is 6.34. The smallest absolute Gasteiger partial charge is 0.321 e. The fraction of sp³-hybridized carbons (Fsp3) is 0.0667. The molecule has 0 radical (unpaired) electrons. The Morgan fingerprint density at radius 1 is 1.20 bits per heavy atom. The molecule has 0 unspecified atom stereocenters. The van der Waals surface area contributed by atoms with Crippen LogP contribution < -0.4 is 10.2 Å². The minimum Gasteiger partial charge on any atom is -0.340 e. The van der Waals surface area contributed by atoms with Crippen LogP contribution in [0.15, 0.2) is 36.4 Å². The van der Waals surface area contributed by atoms with Crippen LogP contribution in [0.5, 0.6) is 0 Å². The molecule has 2 heterocycles. The van der Waals surface area contributed by atoms with Crippen molar-refractivity contribution in [1.29, 1.82) is 0 Å². The average Bonchev–Trinajstić information content (AvgIpc) is 2.94. The molecule has 1 N–H and O–H groups in total. The van der Waals surface area contributed by atoms with E-state index in [-0.39, 0.29) is 5.91 Å². The number of benzene rings is 1. The predicted molar refractivity (Wildman–Crippen MR) is 74.8 cm³/mol. The Balaban J connectivity index is 2.09. The highest BCUT2D eigenvalue weighted by Crippen LogP contribution is 2.32. The Hall–Kier alpha value is -2.82. The quantitative estimate of drug-likeness (QED) is 0.683. The molecule has 5 nitrogen and oxygen atoms in total. The van der Waals surface area contributed by atoms with Gasteiger partial charge in [-0.2, -0.15) is 4.73 Å². The highest BCUT2D eigenvalue weighted by Gasteiger charge is 2.23. The SMILES string of the molecule is Cc1ccc(/C=C2\C(=O)Nc3ccccc32)n1OC=O. The van der Waals surface area contributed by atoms with Gasteiger partial charge in [0.15, 0.2) is 0 Å². The number of amides is 1. The molecule has 20 heavy (non-hydrogen) atoms. The zero-order valence-corrected chi connectivity index (χ0v) is 10.8. The van der Waals surface area contributed by atoms with Gasteiger partial charge in [0.25, 0.3) is 5.91 Å². The van der Waals surface area contributed by atoms with Crippen LogP contribution >= 0.6 is 0 Å². The van der Waals surface area contributed by atoms with E-state index >= 15 is 0 Å². The molecule has 1 aliphatic heterocycles. The number of aromatic nitrogens is 1. The van der Waals surface area contributed by atoms with Crippen LogP contribution in [0.4, 0.5) is 5.69 Å². The molecule has 0 saturated heterocycles. The molecule has 2 aromatic rings. The van der Waals surface area contributed by atoms with Gasteiger partial charge in [0, 0.05) is 11.3 Å². The minimum absolute atomic E-state index is 0.164. The van der Waals surface area contributed by atoms with Gasteiger partial charge in [0.1, 0.15) is 0 Å². The van der Waals surface area contributed by atoms with Crippen molar-refractivity contribution < 1.29 is 14.4 Å². The third-order valence-corrected chi connectivity index (χ3v) is 3.20. The average molecular weight is 268 g/mol. The molecule has 0 saturated carbocycles. The van der Waals surface area contributed by atoms with Crippen molar-refractivity contribution in [3.05, 3.63) is 53.3 Å². The lowest BCUT2D eigenvalue weighted by Crippen LogP contribution is -2.12. The summed E-state index contributed by atoms with van der Waals surface area (Å²) in [6.45, 7) is 2.17. The molecule has 0 bridgehead atoms. The molecule has 1 aromatic carbocycles. The fourth-order valence-electron chi connectivity index (χ4n) is 2.27. The van der Waals surface area contributed by atoms with E-state index in [4.69, 9.17) is 4.84 Å². The maximum atomic E-state index is 12.0. The monoisotopic (exact) mass is 268 g/mol. The Kier molecular flexibility index (Phi) is 2.87. The van der Waals surface area contributed by atoms with Crippen LogP contribution in [0.1, 0.15) is 17.0 Å². The lowest BCUT2D eigenvalue weighted by atomic mass is 10.1. The van der Waals surface area contributed by atoms with Crippen LogP contribution in [0.2, 0.25) is 0 Å². The third kappa shape index (κ3) is 1.89. The minimum atomic E-state index is -0.164. The van der Waals surface area contributed by atoms with Crippen molar-refractivity contribution in [3.8, 4) is 0 Å². The summed E-state index contributed by atoms with van der Waals surface area (Å²) in [6.07, 6.45) is 1.71. The van der Waals surface area contributed by atoms with Crippen LogP contribution in [-0.4, -0.2) is 17.1 Å². The fourth-order valence-corrected chi connectivity index (χ4v) is 2.27. The number of hydrogen-bond donors (Lipinski definition) is 1. The molecule has 0 atom stereocenters. The third-order valence-electron chi connectivity index (χ3n) is 3.20. The van der Waals surface area contributed by atoms with Crippen molar-refractivity contribution in [1.82, 2.24) is 4.73 Å². The molecule has 3 rings (SSSR count). The number of anilines is 1. The number of nitrogens with zero attached hydrogens (tertiary/aromatic N) is 1. The summed E-state index contributed by atoms with van der Waals surface area (Å²) in [5.41, 5.74) is 3.59. The normalized spacial score (nSPS) is 15.1. The molecule has 0 aliphatic carbocycles. The Labute approximate surface area is 115 Å². The Morgan fingerprint density at radius 2 is 2.00 bits per heavy atom. The number of hydrogen-bond acceptors (Lipinski definition) is 3. The van der Waals surface area contributed by atoms with Crippen LogP contribution in [0.25, 0.3) is 11.6 Å². The van der Waals surface area contributed by atoms with E-state index < -0.39 is 0 Å². The predicted octanol–water partition coefficient (Wildman–Crippen LogP) is 1.87. The van der Waals surface area contributed by atoms with Gasteiger partial charge in [-0.3, -0.25) is 9.59 Å². The largest absolute Gasteiger partial charge is 0.340 e. The first-order valence-corrected chi connectivity index (χ1v) is 6.12. The number of nitrogens with one attached hydrogen (secondary N) is 1. The number of carbonyl (C=O) groups is 2. The summed E-state index contributed by atoms with van der Waals surface area (Å²) < 4.78 is 1.38. The molecular formula is C15H12N2O3. The van der Waals surface area contributed by atoms with Crippen molar-refractivity contribution in [3.63, 3.8) is 0 Å². The zero-order valence-electron chi connectivity index (χ0n) is 10.8. The number of para-hydroxylation sites is 1.